The Labute approximate surface area is 83.4 Å². The Morgan fingerprint density at radius 2 is 2.46 bits per heavy atom. The first-order valence-corrected chi connectivity index (χ1v) is 5.72. The summed E-state index contributed by atoms with van der Waals surface area (Å²) in [7, 11) is 0. The van der Waals surface area contributed by atoms with Crippen molar-refractivity contribution in [3.63, 3.8) is 0 Å². The number of nitrogens with zero attached hydrogens (tertiary/aromatic N) is 1. The van der Waals surface area contributed by atoms with E-state index in [4.69, 9.17) is 0 Å². The van der Waals surface area contributed by atoms with Crippen LogP contribution in [0.1, 0.15) is 29.7 Å². The number of nitrogens with one attached hydrogen (secondary N) is 1. The molecule has 0 aromatic carbocycles. The predicted octanol–water partition coefficient (Wildman–Crippen LogP) is 2.34. The summed E-state index contributed by atoms with van der Waals surface area (Å²) in [5.41, 5.74) is 0. The van der Waals surface area contributed by atoms with Crippen LogP contribution in [0.5, 0.6) is 0 Å². The molecule has 1 aliphatic rings. The quantitative estimate of drug-likeness (QED) is 0.799. The second-order valence-electron chi connectivity index (χ2n) is 3.87. The van der Waals surface area contributed by atoms with Gasteiger partial charge in [0, 0.05) is 23.7 Å². The minimum absolute atomic E-state index is 0.671. The normalized spacial score (nSPS) is 18.9. The third kappa shape index (κ3) is 2.51. The molecule has 1 atom stereocenters. The average Bonchev–Trinajstić information content (AvgIpc) is 2.87. The lowest BCUT2D eigenvalue weighted by molar-refractivity contribution is 0.495. The third-order valence-electron chi connectivity index (χ3n) is 2.57. The molecule has 1 N–H and O–H groups in total. The fourth-order valence-electron chi connectivity index (χ4n) is 1.49. The van der Waals surface area contributed by atoms with Crippen LogP contribution in [-0.2, 0) is 6.54 Å². The van der Waals surface area contributed by atoms with Crippen molar-refractivity contribution in [2.45, 2.75) is 39.3 Å². The van der Waals surface area contributed by atoms with Crippen LogP contribution in [0.15, 0.2) is 6.20 Å². The molecule has 1 heterocycles. The minimum atomic E-state index is 0.671. The van der Waals surface area contributed by atoms with Crippen molar-refractivity contribution in [2.24, 2.45) is 5.92 Å². The number of aryl methyl sites for hydroxylation is 1. The van der Waals surface area contributed by atoms with Gasteiger partial charge < -0.3 is 5.32 Å². The molecule has 0 spiro atoms. The molecule has 72 valence electrons. The molecule has 13 heavy (non-hydrogen) atoms. The Hall–Kier alpha value is -0.410. The molecule has 1 saturated carbocycles. The lowest BCUT2D eigenvalue weighted by atomic mass is 10.2. The summed E-state index contributed by atoms with van der Waals surface area (Å²) in [5.74, 6) is 0.932. The molecule has 0 aliphatic heterocycles. The van der Waals surface area contributed by atoms with Crippen molar-refractivity contribution in [3.8, 4) is 0 Å². The smallest absolute Gasteiger partial charge is 0.107 e. The van der Waals surface area contributed by atoms with E-state index in [1.807, 2.05) is 6.20 Å². The van der Waals surface area contributed by atoms with E-state index in [1.54, 1.807) is 11.3 Å². The maximum Gasteiger partial charge on any atom is 0.107 e. The molecule has 0 radical (unpaired) electrons. The summed E-state index contributed by atoms with van der Waals surface area (Å²) in [4.78, 5) is 5.63. The first-order chi connectivity index (χ1) is 6.25. The van der Waals surface area contributed by atoms with Gasteiger partial charge in [-0.25, -0.2) is 4.98 Å². The first kappa shape index (κ1) is 9.16. The molecule has 2 rings (SSSR count). The predicted molar refractivity (Wildman–Crippen MR) is 55.9 cm³/mol. The van der Waals surface area contributed by atoms with Crippen LogP contribution in [0.3, 0.4) is 0 Å². The molecular weight excluding hydrogens is 180 g/mol. The standard InChI is InChI=1S/C10H16N2S/c1-7-5-12-10(13-7)6-11-8(2)9-3-4-9/h5,8-9,11H,3-4,6H2,1-2H3. The summed E-state index contributed by atoms with van der Waals surface area (Å²) < 4.78 is 0. The van der Waals surface area contributed by atoms with Crippen LogP contribution in [-0.4, -0.2) is 11.0 Å². The van der Waals surface area contributed by atoms with E-state index < -0.39 is 0 Å². The lowest BCUT2D eigenvalue weighted by Crippen LogP contribution is -2.27. The van der Waals surface area contributed by atoms with Crippen molar-refractivity contribution < 1.29 is 0 Å². The summed E-state index contributed by atoms with van der Waals surface area (Å²) in [5, 5.41) is 4.74. The van der Waals surface area contributed by atoms with Gasteiger partial charge in [-0.05, 0) is 32.6 Å². The SMILES string of the molecule is Cc1cnc(CNC(C)C2CC2)s1. The van der Waals surface area contributed by atoms with Crippen LogP contribution < -0.4 is 5.32 Å². The molecule has 2 nitrogen and oxygen atoms in total. The van der Waals surface area contributed by atoms with Gasteiger partial charge in [-0.1, -0.05) is 0 Å². The van der Waals surface area contributed by atoms with Crippen molar-refractivity contribution >= 4 is 11.3 Å². The van der Waals surface area contributed by atoms with Gasteiger partial charge in [0.1, 0.15) is 5.01 Å². The summed E-state index contributed by atoms with van der Waals surface area (Å²) in [6.07, 6.45) is 4.76. The van der Waals surface area contributed by atoms with Crippen LogP contribution in [0.25, 0.3) is 0 Å². The molecule has 1 aromatic rings. The zero-order valence-corrected chi connectivity index (χ0v) is 9.03. The highest BCUT2D eigenvalue weighted by Gasteiger charge is 2.27. The molecule has 1 aromatic heterocycles. The number of hydrogen-bond donors (Lipinski definition) is 1. The van der Waals surface area contributed by atoms with Gasteiger partial charge in [-0.2, -0.15) is 0 Å². The molecule has 1 fully saturated rings. The summed E-state index contributed by atoms with van der Waals surface area (Å²) in [6, 6.07) is 0.671. The Morgan fingerprint density at radius 3 is 3.00 bits per heavy atom. The Morgan fingerprint density at radius 1 is 1.69 bits per heavy atom. The number of hydrogen-bond acceptors (Lipinski definition) is 3. The van der Waals surface area contributed by atoms with Crippen LogP contribution in [0, 0.1) is 12.8 Å². The van der Waals surface area contributed by atoms with Crippen molar-refractivity contribution in [1.29, 1.82) is 0 Å². The number of aromatic nitrogens is 1. The van der Waals surface area contributed by atoms with E-state index in [1.165, 1.54) is 22.7 Å². The molecular formula is C10H16N2S. The Kier molecular flexibility index (Phi) is 2.65. The van der Waals surface area contributed by atoms with Gasteiger partial charge in [-0.15, -0.1) is 11.3 Å². The molecule has 1 aliphatic carbocycles. The maximum absolute atomic E-state index is 4.32. The highest BCUT2D eigenvalue weighted by atomic mass is 32.1. The Balaban J connectivity index is 1.78. The van der Waals surface area contributed by atoms with Crippen LogP contribution >= 0.6 is 11.3 Å². The second kappa shape index (κ2) is 3.76. The zero-order chi connectivity index (χ0) is 9.26. The van der Waals surface area contributed by atoms with Gasteiger partial charge >= 0.3 is 0 Å². The maximum atomic E-state index is 4.32. The molecule has 0 bridgehead atoms. The summed E-state index contributed by atoms with van der Waals surface area (Å²) >= 11 is 1.79. The van der Waals surface area contributed by atoms with Crippen molar-refractivity contribution in [2.75, 3.05) is 0 Å². The zero-order valence-electron chi connectivity index (χ0n) is 8.21. The number of rotatable bonds is 4. The number of thiazole rings is 1. The topological polar surface area (TPSA) is 24.9 Å². The van der Waals surface area contributed by atoms with Crippen molar-refractivity contribution in [3.05, 3.63) is 16.1 Å². The van der Waals surface area contributed by atoms with E-state index in [0.717, 1.165) is 12.5 Å². The summed E-state index contributed by atoms with van der Waals surface area (Å²) in [6.45, 7) is 5.32. The van der Waals surface area contributed by atoms with E-state index in [2.05, 4.69) is 24.1 Å². The largest absolute Gasteiger partial charge is 0.308 e. The van der Waals surface area contributed by atoms with Gasteiger partial charge in [0.2, 0.25) is 0 Å². The van der Waals surface area contributed by atoms with Crippen LogP contribution in [0.2, 0.25) is 0 Å². The Bertz CT molecular complexity index is 278. The molecule has 0 amide bonds. The molecule has 1 unspecified atom stereocenters. The first-order valence-electron chi connectivity index (χ1n) is 4.90. The molecule has 0 saturated heterocycles. The van der Waals surface area contributed by atoms with Gasteiger partial charge in [-0.3, -0.25) is 0 Å². The highest BCUT2D eigenvalue weighted by Crippen LogP contribution is 2.32. The second-order valence-corrected chi connectivity index (χ2v) is 5.19. The van der Waals surface area contributed by atoms with Gasteiger partial charge in [0.15, 0.2) is 0 Å². The van der Waals surface area contributed by atoms with E-state index in [9.17, 15) is 0 Å². The fourth-order valence-corrected chi connectivity index (χ4v) is 2.23. The minimum Gasteiger partial charge on any atom is -0.308 e. The average molecular weight is 196 g/mol. The highest BCUT2D eigenvalue weighted by molar-refractivity contribution is 7.11. The van der Waals surface area contributed by atoms with E-state index >= 15 is 0 Å². The van der Waals surface area contributed by atoms with Gasteiger partial charge in [0.25, 0.3) is 0 Å². The van der Waals surface area contributed by atoms with Crippen LogP contribution in [0.4, 0.5) is 0 Å². The molecule has 3 heteroatoms. The van der Waals surface area contributed by atoms with Crippen molar-refractivity contribution in [1.82, 2.24) is 10.3 Å². The van der Waals surface area contributed by atoms with E-state index in [-0.39, 0.29) is 0 Å². The fraction of sp³-hybridized carbons (Fsp3) is 0.700. The van der Waals surface area contributed by atoms with Gasteiger partial charge in [0.05, 0.1) is 0 Å². The van der Waals surface area contributed by atoms with E-state index in [0.29, 0.717) is 6.04 Å². The monoisotopic (exact) mass is 196 g/mol. The lowest BCUT2D eigenvalue weighted by Gasteiger charge is -2.10. The third-order valence-corrected chi connectivity index (χ3v) is 3.49.